The van der Waals surface area contributed by atoms with Crippen molar-refractivity contribution in [3.05, 3.63) is 29.6 Å². The van der Waals surface area contributed by atoms with Crippen LogP contribution >= 0.6 is 0 Å². The molecule has 1 unspecified atom stereocenters. The van der Waals surface area contributed by atoms with Crippen molar-refractivity contribution >= 4 is 0 Å². The summed E-state index contributed by atoms with van der Waals surface area (Å²) in [4.78, 5) is 7.14. The molecule has 0 saturated heterocycles. The van der Waals surface area contributed by atoms with E-state index in [9.17, 15) is 0 Å². The van der Waals surface area contributed by atoms with Crippen LogP contribution in [0.4, 0.5) is 0 Å². The highest BCUT2D eigenvalue weighted by Crippen LogP contribution is 2.34. The fourth-order valence-electron chi connectivity index (χ4n) is 2.31. The topological polar surface area (TPSA) is 28.2 Å². The molecule has 1 aliphatic carbocycles. The van der Waals surface area contributed by atoms with E-state index in [0.717, 1.165) is 31.2 Å². The maximum Gasteiger partial charge on any atom is 0.0547 e. The van der Waals surface area contributed by atoms with Crippen LogP contribution in [0.15, 0.2) is 18.2 Å². The lowest BCUT2D eigenvalue weighted by Gasteiger charge is -2.24. The molecule has 1 aromatic heterocycles. The van der Waals surface area contributed by atoms with Gasteiger partial charge in [0.1, 0.15) is 0 Å². The Labute approximate surface area is 111 Å². The largest absolute Gasteiger partial charge is 0.311 e. The van der Waals surface area contributed by atoms with Crippen LogP contribution in [0.5, 0.6) is 0 Å². The first-order valence-electron chi connectivity index (χ1n) is 7.06. The third-order valence-electron chi connectivity index (χ3n) is 3.83. The van der Waals surface area contributed by atoms with Gasteiger partial charge >= 0.3 is 0 Å². The summed E-state index contributed by atoms with van der Waals surface area (Å²) in [5, 5.41) is 3.32. The summed E-state index contributed by atoms with van der Waals surface area (Å²) in [5.41, 5.74) is 2.32. The van der Waals surface area contributed by atoms with Crippen LogP contribution in [0.1, 0.15) is 38.1 Å². The van der Waals surface area contributed by atoms with Crippen LogP contribution in [0.25, 0.3) is 0 Å². The summed E-state index contributed by atoms with van der Waals surface area (Å²) in [6, 6.07) is 7.02. The van der Waals surface area contributed by atoms with Crippen molar-refractivity contribution in [2.75, 3.05) is 13.6 Å². The summed E-state index contributed by atoms with van der Waals surface area (Å²) >= 11 is 0. The van der Waals surface area contributed by atoms with Crippen molar-refractivity contribution in [3.8, 4) is 0 Å². The van der Waals surface area contributed by atoms with Crippen LogP contribution in [-0.2, 0) is 13.1 Å². The molecule has 0 bridgehead atoms. The third kappa shape index (κ3) is 3.79. The fourth-order valence-corrected chi connectivity index (χ4v) is 2.31. The molecule has 0 spiro atoms. The second kappa shape index (κ2) is 6.30. The van der Waals surface area contributed by atoms with Crippen molar-refractivity contribution in [3.63, 3.8) is 0 Å². The normalized spacial score (nSPS) is 17.1. The summed E-state index contributed by atoms with van der Waals surface area (Å²) in [5.74, 6) is 0.917. The monoisotopic (exact) mass is 247 g/mol. The van der Waals surface area contributed by atoms with E-state index in [4.69, 9.17) is 4.98 Å². The molecule has 0 amide bonds. The van der Waals surface area contributed by atoms with Gasteiger partial charge in [0.15, 0.2) is 0 Å². The zero-order valence-corrected chi connectivity index (χ0v) is 11.8. The second-order valence-corrected chi connectivity index (χ2v) is 5.39. The Bertz CT molecular complexity index is 374. The minimum absolute atomic E-state index is 0.684. The summed E-state index contributed by atoms with van der Waals surface area (Å²) < 4.78 is 0. The molecule has 1 aliphatic rings. The molecule has 1 atom stereocenters. The molecule has 1 aromatic rings. The molecular weight excluding hydrogens is 222 g/mol. The van der Waals surface area contributed by atoms with Crippen molar-refractivity contribution in [2.45, 2.75) is 45.8 Å². The molecule has 0 aromatic carbocycles. The van der Waals surface area contributed by atoms with E-state index in [1.54, 1.807) is 0 Å². The van der Waals surface area contributed by atoms with E-state index in [1.165, 1.54) is 18.5 Å². The number of nitrogens with zero attached hydrogens (tertiary/aromatic N) is 2. The van der Waals surface area contributed by atoms with Gasteiger partial charge in [0.25, 0.3) is 0 Å². The molecule has 3 nitrogen and oxygen atoms in total. The second-order valence-electron chi connectivity index (χ2n) is 5.39. The van der Waals surface area contributed by atoms with E-state index in [0.29, 0.717) is 6.04 Å². The summed E-state index contributed by atoms with van der Waals surface area (Å²) in [7, 11) is 2.21. The first-order valence-corrected chi connectivity index (χ1v) is 7.06. The first-order chi connectivity index (χ1) is 8.70. The average molecular weight is 247 g/mol. The number of nitrogens with one attached hydrogen (secondary N) is 1. The van der Waals surface area contributed by atoms with E-state index in [1.807, 2.05) is 0 Å². The molecule has 0 aliphatic heterocycles. The summed E-state index contributed by atoms with van der Waals surface area (Å²) in [6.45, 7) is 7.27. The van der Waals surface area contributed by atoms with Crippen molar-refractivity contribution in [2.24, 2.45) is 5.92 Å². The Morgan fingerprint density at radius 1 is 1.39 bits per heavy atom. The highest BCUT2D eigenvalue weighted by atomic mass is 15.1. The molecule has 100 valence electrons. The number of rotatable bonds is 7. The molecule has 1 fully saturated rings. The highest BCUT2D eigenvalue weighted by molar-refractivity contribution is 5.11. The minimum Gasteiger partial charge on any atom is -0.311 e. The lowest BCUT2D eigenvalue weighted by Crippen LogP contribution is -2.30. The van der Waals surface area contributed by atoms with Crippen LogP contribution < -0.4 is 5.32 Å². The quantitative estimate of drug-likeness (QED) is 0.802. The van der Waals surface area contributed by atoms with Crippen LogP contribution in [0, 0.1) is 5.92 Å². The lowest BCUT2D eigenvalue weighted by atomic mass is 10.2. The van der Waals surface area contributed by atoms with Gasteiger partial charge in [0, 0.05) is 19.1 Å². The van der Waals surface area contributed by atoms with E-state index in [-0.39, 0.29) is 0 Å². The molecule has 1 heterocycles. The number of aromatic nitrogens is 1. The average Bonchev–Trinajstić information content (AvgIpc) is 3.20. The van der Waals surface area contributed by atoms with Gasteiger partial charge in [-0.15, -0.1) is 0 Å². The molecule has 2 rings (SSSR count). The molecule has 1 saturated carbocycles. The maximum atomic E-state index is 4.71. The summed E-state index contributed by atoms with van der Waals surface area (Å²) in [6.07, 6.45) is 2.80. The smallest absolute Gasteiger partial charge is 0.0547 e. The lowest BCUT2D eigenvalue weighted by molar-refractivity contribution is 0.224. The Morgan fingerprint density at radius 2 is 2.11 bits per heavy atom. The third-order valence-corrected chi connectivity index (χ3v) is 3.83. The molecular formula is C15H25N3. The standard InChI is InChI=1S/C15H25N3/c1-4-16-10-14-6-5-7-15(17-14)11-18(3)12(2)13-8-9-13/h5-7,12-13,16H,4,8-11H2,1-3H3. The Balaban J connectivity index is 1.91. The van der Waals surface area contributed by atoms with Gasteiger partial charge in [-0.1, -0.05) is 13.0 Å². The minimum atomic E-state index is 0.684. The fraction of sp³-hybridized carbons (Fsp3) is 0.667. The molecule has 0 radical (unpaired) electrons. The molecule has 18 heavy (non-hydrogen) atoms. The van der Waals surface area contributed by atoms with Crippen molar-refractivity contribution in [1.29, 1.82) is 0 Å². The zero-order chi connectivity index (χ0) is 13.0. The predicted molar refractivity (Wildman–Crippen MR) is 75.3 cm³/mol. The molecule has 1 N–H and O–H groups in total. The van der Waals surface area contributed by atoms with Gasteiger partial charge in [-0.05, 0) is 51.4 Å². The van der Waals surface area contributed by atoms with Crippen LogP contribution in [-0.4, -0.2) is 29.5 Å². The number of pyridine rings is 1. The van der Waals surface area contributed by atoms with Gasteiger partial charge in [-0.3, -0.25) is 9.88 Å². The maximum absolute atomic E-state index is 4.71. The van der Waals surface area contributed by atoms with Crippen LogP contribution in [0.2, 0.25) is 0 Å². The SMILES string of the molecule is CCNCc1cccc(CN(C)C(C)C2CC2)n1. The van der Waals surface area contributed by atoms with Crippen LogP contribution in [0.3, 0.4) is 0 Å². The van der Waals surface area contributed by atoms with Gasteiger partial charge in [-0.2, -0.15) is 0 Å². The number of hydrogen-bond acceptors (Lipinski definition) is 3. The van der Waals surface area contributed by atoms with Crippen molar-refractivity contribution < 1.29 is 0 Å². The van der Waals surface area contributed by atoms with E-state index >= 15 is 0 Å². The highest BCUT2D eigenvalue weighted by Gasteiger charge is 2.30. The molecule has 3 heteroatoms. The first kappa shape index (κ1) is 13.5. The van der Waals surface area contributed by atoms with Gasteiger partial charge in [-0.25, -0.2) is 0 Å². The van der Waals surface area contributed by atoms with E-state index < -0.39 is 0 Å². The van der Waals surface area contributed by atoms with Gasteiger partial charge in [0.2, 0.25) is 0 Å². The number of hydrogen-bond donors (Lipinski definition) is 1. The predicted octanol–water partition coefficient (Wildman–Crippen LogP) is 2.42. The Hall–Kier alpha value is -0.930. The van der Waals surface area contributed by atoms with Crippen molar-refractivity contribution in [1.82, 2.24) is 15.2 Å². The Morgan fingerprint density at radius 3 is 2.78 bits per heavy atom. The Kier molecular flexibility index (Phi) is 4.72. The zero-order valence-electron chi connectivity index (χ0n) is 11.8. The van der Waals surface area contributed by atoms with Gasteiger partial charge < -0.3 is 5.32 Å². The van der Waals surface area contributed by atoms with E-state index in [2.05, 4.69) is 49.3 Å². The van der Waals surface area contributed by atoms with Gasteiger partial charge in [0.05, 0.1) is 11.4 Å².